The largest absolute Gasteiger partial charge is 0.483 e. The third-order valence-corrected chi connectivity index (χ3v) is 6.78. The van der Waals surface area contributed by atoms with Gasteiger partial charge in [0.1, 0.15) is 17.4 Å². The van der Waals surface area contributed by atoms with Gasteiger partial charge in [0.15, 0.2) is 5.75 Å². The maximum atomic E-state index is 12.8. The second kappa shape index (κ2) is 6.65. The molecule has 2 aromatic rings. The fraction of sp³-hybridized carbons (Fsp3) is 0.619. The SMILES string of the molecule is Cc1[nH]ccc1C(=O)N1CCC2(CC1)CC(O)c1nn(C3CCCC3)cc1O2. The van der Waals surface area contributed by atoms with Crippen molar-refractivity contribution in [3.8, 4) is 5.75 Å². The summed E-state index contributed by atoms with van der Waals surface area (Å²) in [6.45, 7) is 3.20. The maximum absolute atomic E-state index is 12.8. The zero-order valence-electron chi connectivity index (χ0n) is 16.4. The van der Waals surface area contributed by atoms with E-state index in [9.17, 15) is 9.90 Å². The van der Waals surface area contributed by atoms with Crippen molar-refractivity contribution in [1.82, 2.24) is 19.7 Å². The van der Waals surface area contributed by atoms with Crippen molar-refractivity contribution in [2.75, 3.05) is 13.1 Å². The molecule has 0 radical (unpaired) electrons. The lowest BCUT2D eigenvalue weighted by Crippen LogP contribution is -2.51. The number of fused-ring (bicyclic) bond motifs is 1. The lowest BCUT2D eigenvalue weighted by Gasteiger charge is -2.44. The fourth-order valence-corrected chi connectivity index (χ4v) is 5.06. The molecule has 7 nitrogen and oxygen atoms in total. The summed E-state index contributed by atoms with van der Waals surface area (Å²) in [6.07, 6.45) is 9.98. The molecule has 3 aliphatic rings. The van der Waals surface area contributed by atoms with Gasteiger partial charge in [-0.05, 0) is 25.8 Å². The predicted molar refractivity (Wildman–Crippen MR) is 103 cm³/mol. The average Bonchev–Trinajstić information content (AvgIpc) is 3.42. The van der Waals surface area contributed by atoms with Gasteiger partial charge >= 0.3 is 0 Å². The minimum Gasteiger partial charge on any atom is -0.483 e. The molecule has 2 aromatic heterocycles. The van der Waals surface area contributed by atoms with Crippen LogP contribution in [0.3, 0.4) is 0 Å². The minimum absolute atomic E-state index is 0.0692. The number of aromatic amines is 1. The Morgan fingerprint density at radius 3 is 2.75 bits per heavy atom. The first kappa shape index (κ1) is 17.8. The molecule has 1 unspecified atom stereocenters. The van der Waals surface area contributed by atoms with Crippen molar-refractivity contribution in [2.45, 2.75) is 69.6 Å². The van der Waals surface area contributed by atoms with Crippen LogP contribution < -0.4 is 4.74 Å². The van der Waals surface area contributed by atoms with Crippen molar-refractivity contribution in [3.05, 3.63) is 35.4 Å². The van der Waals surface area contributed by atoms with E-state index in [1.807, 2.05) is 28.8 Å². The molecule has 2 fully saturated rings. The number of nitrogens with one attached hydrogen (secondary N) is 1. The van der Waals surface area contributed by atoms with E-state index in [2.05, 4.69) is 10.1 Å². The van der Waals surface area contributed by atoms with Gasteiger partial charge in [0.2, 0.25) is 0 Å². The molecule has 5 rings (SSSR count). The van der Waals surface area contributed by atoms with Crippen LogP contribution in [0, 0.1) is 6.92 Å². The number of carbonyl (C=O) groups excluding carboxylic acids is 1. The average molecular weight is 384 g/mol. The van der Waals surface area contributed by atoms with E-state index in [1.54, 1.807) is 6.20 Å². The van der Waals surface area contributed by atoms with Gasteiger partial charge in [-0.3, -0.25) is 9.48 Å². The summed E-state index contributed by atoms with van der Waals surface area (Å²) in [7, 11) is 0. The number of hydrogen-bond acceptors (Lipinski definition) is 4. The number of piperidine rings is 1. The number of aliphatic hydroxyl groups excluding tert-OH is 1. The molecule has 1 saturated carbocycles. The molecule has 1 amide bonds. The quantitative estimate of drug-likeness (QED) is 0.833. The standard InChI is InChI=1S/C21H28N4O3/c1-14-16(6-9-22-14)20(27)24-10-7-21(8-11-24)12-17(26)19-18(28-21)13-25(23-19)15-4-2-3-5-15/h6,9,13,15,17,22,26H,2-5,7-8,10-12H2,1H3. The van der Waals surface area contributed by atoms with E-state index in [1.165, 1.54) is 12.8 Å². The number of H-pyrrole nitrogens is 1. The molecule has 4 heterocycles. The molecule has 7 heteroatoms. The van der Waals surface area contributed by atoms with Crippen LogP contribution in [0.4, 0.5) is 0 Å². The van der Waals surface area contributed by atoms with Crippen LogP contribution in [0.25, 0.3) is 0 Å². The number of ether oxygens (including phenoxy) is 1. The number of hydrogen-bond donors (Lipinski definition) is 2. The van der Waals surface area contributed by atoms with Crippen LogP contribution in [-0.2, 0) is 0 Å². The molecule has 28 heavy (non-hydrogen) atoms. The summed E-state index contributed by atoms with van der Waals surface area (Å²) >= 11 is 0. The summed E-state index contributed by atoms with van der Waals surface area (Å²) in [6, 6.07) is 2.27. The Morgan fingerprint density at radius 1 is 1.32 bits per heavy atom. The zero-order chi connectivity index (χ0) is 19.3. The van der Waals surface area contributed by atoms with Crippen LogP contribution in [0.5, 0.6) is 5.75 Å². The number of aryl methyl sites for hydroxylation is 1. The van der Waals surface area contributed by atoms with Crippen LogP contribution in [0.2, 0.25) is 0 Å². The molecule has 1 aliphatic carbocycles. The lowest BCUT2D eigenvalue weighted by molar-refractivity contribution is -0.0504. The maximum Gasteiger partial charge on any atom is 0.255 e. The molecule has 1 saturated heterocycles. The van der Waals surface area contributed by atoms with Gasteiger partial charge in [-0.15, -0.1) is 0 Å². The van der Waals surface area contributed by atoms with Gasteiger partial charge in [-0.2, -0.15) is 5.10 Å². The minimum atomic E-state index is -0.597. The lowest BCUT2D eigenvalue weighted by atomic mass is 9.83. The summed E-state index contributed by atoms with van der Waals surface area (Å²) in [5, 5.41) is 15.4. The summed E-state index contributed by atoms with van der Waals surface area (Å²) in [5.41, 5.74) is 1.91. The van der Waals surface area contributed by atoms with Gasteiger partial charge in [0.25, 0.3) is 5.91 Å². The zero-order valence-corrected chi connectivity index (χ0v) is 16.4. The summed E-state index contributed by atoms with van der Waals surface area (Å²) in [4.78, 5) is 17.7. The number of rotatable bonds is 2. The second-order valence-corrected chi connectivity index (χ2v) is 8.61. The summed E-state index contributed by atoms with van der Waals surface area (Å²) in [5.74, 6) is 0.798. The topological polar surface area (TPSA) is 83.4 Å². The monoisotopic (exact) mass is 384 g/mol. The van der Waals surface area contributed by atoms with Gasteiger partial charge in [-0.1, -0.05) is 12.8 Å². The molecule has 2 N–H and O–H groups in total. The molecule has 2 aliphatic heterocycles. The van der Waals surface area contributed by atoms with Crippen molar-refractivity contribution < 1.29 is 14.6 Å². The van der Waals surface area contributed by atoms with E-state index in [0.717, 1.165) is 42.7 Å². The van der Waals surface area contributed by atoms with E-state index >= 15 is 0 Å². The Labute approximate surface area is 164 Å². The van der Waals surface area contributed by atoms with Gasteiger partial charge in [-0.25, -0.2) is 0 Å². The Kier molecular flexibility index (Phi) is 4.23. The Hall–Kier alpha value is -2.28. The highest BCUT2D eigenvalue weighted by molar-refractivity contribution is 5.95. The number of likely N-dealkylation sites (tertiary alicyclic amines) is 1. The normalized spacial score (nSPS) is 24.4. The first-order valence-corrected chi connectivity index (χ1v) is 10.4. The van der Waals surface area contributed by atoms with E-state index < -0.39 is 11.7 Å². The number of aliphatic hydroxyl groups is 1. The van der Waals surface area contributed by atoms with Crippen molar-refractivity contribution in [1.29, 1.82) is 0 Å². The first-order valence-electron chi connectivity index (χ1n) is 10.4. The summed E-state index contributed by atoms with van der Waals surface area (Å²) < 4.78 is 8.43. The van der Waals surface area contributed by atoms with E-state index in [4.69, 9.17) is 4.74 Å². The molecular formula is C21H28N4O3. The van der Waals surface area contributed by atoms with Crippen molar-refractivity contribution in [2.24, 2.45) is 0 Å². The highest BCUT2D eigenvalue weighted by atomic mass is 16.5. The molecule has 1 spiro atoms. The highest BCUT2D eigenvalue weighted by Gasteiger charge is 2.45. The van der Waals surface area contributed by atoms with Crippen LogP contribution in [0.15, 0.2) is 18.5 Å². The number of aromatic nitrogens is 3. The third kappa shape index (κ3) is 2.92. The van der Waals surface area contributed by atoms with Crippen LogP contribution in [-0.4, -0.2) is 49.4 Å². The molecule has 1 atom stereocenters. The third-order valence-electron chi connectivity index (χ3n) is 6.78. The smallest absolute Gasteiger partial charge is 0.255 e. The van der Waals surface area contributed by atoms with Gasteiger partial charge in [0.05, 0.1) is 17.8 Å². The molecule has 0 bridgehead atoms. The number of amides is 1. The molecular weight excluding hydrogens is 356 g/mol. The van der Waals surface area contributed by atoms with E-state index in [-0.39, 0.29) is 5.91 Å². The Bertz CT molecular complexity index is 872. The Balaban J connectivity index is 1.30. The first-order chi connectivity index (χ1) is 13.5. The van der Waals surface area contributed by atoms with Crippen LogP contribution >= 0.6 is 0 Å². The van der Waals surface area contributed by atoms with Gasteiger partial charge in [0, 0.05) is 44.2 Å². The van der Waals surface area contributed by atoms with Crippen molar-refractivity contribution in [3.63, 3.8) is 0 Å². The van der Waals surface area contributed by atoms with Crippen LogP contribution in [0.1, 0.15) is 78.8 Å². The molecule has 0 aromatic carbocycles. The predicted octanol–water partition coefficient (Wildman–Crippen LogP) is 3.13. The van der Waals surface area contributed by atoms with Gasteiger partial charge < -0.3 is 19.7 Å². The fourth-order valence-electron chi connectivity index (χ4n) is 5.06. The van der Waals surface area contributed by atoms with Crippen molar-refractivity contribution >= 4 is 5.91 Å². The second-order valence-electron chi connectivity index (χ2n) is 8.61. The van der Waals surface area contributed by atoms with E-state index in [0.29, 0.717) is 31.2 Å². The number of carbonyl (C=O) groups is 1. The highest BCUT2D eigenvalue weighted by Crippen LogP contribution is 2.45. The number of nitrogens with zero attached hydrogens (tertiary/aromatic N) is 3. The molecule has 150 valence electrons. The Morgan fingerprint density at radius 2 is 2.07 bits per heavy atom.